The minimum absolute atomic E-state index is 0.124. The SMILES string of the molecule is CCCC1(C)C(=O)Nc2ncccc2C1=O. The molecule has 2 rings (SSSR count). The van der Waals surface area contributed by atoms with Gasteiger partial charge in [-0.1, -0.05) is 13.3 Å². The standard InChI is InChI=1S/C12H14N2O2/c1-3-6-12(2)9(15)8-5-4-7-13-10(8)14-11(12)16/h4-5,7H,3,6H2,1-2H3,(H,13,14,16). The molecule has 0 aliphatic carbocycles. The Morgan fingerprint density at radius 3 is 2.88 bits per heavy atom. The summed E-state index contributed by atoms with van der Waals surface area (Å²) in [6, 6.07) is 3.42. The third kappa shape index (κ3) is 1.41. The summed E-state index contributed by atoms with van der Waals surface area (Å²) in [4.78, 5) is 28.1. The quantitative estimate of drug-likeness (QED) is 0.772. The molecule has 1 aliphatic heterocycles. The van der Waals surface area contributed by atoms with Crippen LogP contribution in [0.4, 0.5) is 5.82 Å². The monoisotopic (exact) mass is 218 g/mol. The van der Waals surface area contributed by atoms with Crippen LogP contribution < -0.4 is 5.32 Å². The lowest BCUT2D eigenvalue weighted by Crippen LogP contribution is -2.45. The summed E-state index contributed by atoms with van der Waals surface area (Å²) >= 11 is 0. The van der Waals surface area contributed by atoms with Gasteiger partial charge >= 0.3 is 0 Å². The summed E-state index contributed by atoms with van der Waals surface area (Å²) in [6.45, 7) is 3.66. The molecule has 1 N–H and O–H groups in total. The molecule has 1 aliphatic rings. The Morgan fingerprint density at radius 2 is 2.19 bits per heavy atom. The number of anilines is 1. The second-order valence-electron chi connectivity index (χ2n) is 4.26. The van der Waals surface area contributed by atoms with Crippen LogP contribution in [0.5, 0.6) is 0 Å². The molecule has 0 saturated carbocycles. The van der Waals surface area contributed by atoms with Crippen LogP contribution in [0.25, 0.3) is 0 Å². The summed E-state index contributed by atoms with van der Waals surface area (Å²) in [7, 11) is 0. The molecular formula is C12H14N2O2. The number of fused-ring (bicyclic) bond motifs is 1. The predicted molar refractivity (Wildman–Crippen MR) is 60.2 cm³/mol. The van der Waals surface area contributed by atoms with Gasteiger partial charge in [0.05, 0.1) is 5.56 Å². The van der Waals surface area contributed by atoms with Gasteiger partial charge in [-0.2, -0.15) is 0 Å². The largest absolute Gasteiger partial charge is 0.309 e. The molecule has 1 amide bonds. The van der Waals surface area contributed by atoms with Gasteiger partial charge in [-0.05, 0) is 25.5 Å². The minimum atomic E-state index is -0.940. The van der Waals surface area contributed by atoms with Crippen LogP contribution >= 0.6 is 0 Å². The van der Waals surface area contributed by atoms with Crippen LogP contribution in [-0.2, 0) is 4.79 Å². The summed E-state index contributed by atoms with van der Waals surface area (Å²) in [6.07, 6.45) is 2.92. The Morgan fingerprint density at radius 1 is 1.44 bits per heavy atom. The first-order valence-corrected chi connectivity index (χ1v) is 5.41. The van der Waals surface area contributed by atoms with Gasteiger partial charge in [-0.15, -0.1) is 0 Å². The normalized spacial score (nSPS) is 23.9. The van der Waals surface area contributed by atoms with Gasteiger partial charge < -0.3 is 5.32 Å². The second-order valence-corrected chi connectivity index (χ2v) is 4.26. The molecular weight excluding hydrogens is 204 g/mol. The zero-order chi connectivity index (χ0) is 11.8. The van der Waals surface area contributed by atoms with Crippen molar-refractivity contribution in [2.24, 2.45) is 5.41 Å². The lowest BCUT2D eigenvalue weighted by Gasteiger charge is -2.31. The van der Waals surface area contributed by atoms with E-state index in [1.807, 2.05) is 6.92 Å². The fourth-order valence-electron chi connectivity index (χ4n) is 2.06. The zero-order valence-corrected chi connectivity index (χ0v) is 9.41. The Balaban J connectivity index is 2.49. The van der Waals surface area contributed by atoms with Crippen molar-refractivity contribution in [2.75, 3.05) is 5.32 Å². The maximum absolute atomic E-state index is 12.2. The summed E-state index contributed by atoms with van der Waals surface area (Å²) in [5, 5.41) is 2.69. The highest BCUT2D eigenvalue weighted by Crippen LogP contribution is 2.35. The molecule has 1 aromatic heterocycles. The number of rotatable bonds is 2. The molecule has 0 aromatic carbocycles. The molecule has 0 fully saturated rings. The third-order valence-corrected chi connectivity index (χ3v) is 3.04. The third-order valence-electron chi connectivity index (χ3n) is 3.04. The van der Waals surface area contributed by atoms with E-state index in [0.29, 0.717) is 17.8 Å². The van der Waals surface area contributed by atoms with Crippen LogP contribution in [0.3, 0.4) is 0 Å². The summed E-state index contributed by atoms with van der Waals surface area (Å²) < 4.78 is 0. The Labute approximate surface area is 94.1 Å². The number of aromatic nitrogens is 1. The van der Waals surface area contributed by atoms with Crippen molar-refractivity contribution < 1.29 is 9.59 Å². The maximum Gasteiger partial charge on any atom is 0.239 e. The zero-order valence-electron chi connectivity index (χ0n) is 9.41. The highest BCUT2D eigenvalue weighted by atomic mass is 16.2. The van der Waals surface area contributed by atoms with E-state index in [1.54, 1.807) is 25.3 Å². The fraction of sp³-hybridized carbons (Fsp3) is 0.417. The first kappa shape index (κ1) is 10.8. The van der Waals surface area contributed by atoms with E-state index in [-0.39, 0.29) is 11.7 Å². The number of nitrogens with zero attached hydrogens (tertiary/aromatic N) is 1. The number of hydrogen-bond donors (Lipinski definition) is 1. The van der Waals surface area contributed by atoms with Crippen LogP contribution in [0.2, 0.25) is 0 Å². The highest BCUT2D eigenvalue weighted by molar-refractivity contribution is 6.23. The van der Waals surface area contributed by atoms with Crippen molar-refractivity contribution in [1.82, 2.24) is 4.98 Å². The molecule has 4 heteroatoms. The smallest absolute Gasteiger partial charge is 0.239 e. The van der Waals surface area contributed by atoms with Crippen LogP contribution in [0.15, 0.2) is 18.3 Å². The van der Waals surface area contributed by atoms with Crippen LogP contribution in [0, 0.1) is 5.41 Å². The van der Waals surface area contributed by atoms with E-state index in [9.17, 15) is 9.59 Å². The van der Waals surface area contributed by atoms with Crippen molar-refractivity contribution in [3.8, 4) is 0 Å². The van der Waals surface area contributed by atoms with E-state index in [2.05, 4.69) is 10.3 Å². The molecule has 4 nitrogen and oxygen atoms in total. The lowest BCUT2D eigenvalue weighted by molar-refractivity contribution is -0.123. The molecule has 0 bridgehead atoms. The van der Waals surface area contributed by atoms with E-state index < -0.39 is 5.41 Å². The van der Waals surface area contributed by atoms with Crippen LogP contribution in [0.1, 0.15) is 37.0 Å². The number of carbonyl (C=O) groups is 2. The average Bonchev–Trinajstić information content (AvgIpc) is 2.27. The van der Waals surface area contributed by atoms with E-state index in [0.717, 1.165) is 6.42 Å². The van der Waals surface area contributed by atoms with Gasteiger partial charge in [0.25, 0.3) is 0 Å². The molecule has 1 atom stereocenters. The van der Waals surface area contributed by atoms with Gasteiger partial charge in [0, 0.05) is 6.20 Å². The van der Waals surface area contributed by atoms with E-state index in [1.165, 1.54) is 0 Å². The van der Waals surface area contributed by atoms with Crippen LogP contribution in [-0.4, -0.2) is 16.7 Å². The van der Waals surface area contributed by atoms with E-state index >= 15 is 0 Å². The number of nitrogens with one attached hydrogen (secondary N) is 1. The van der Waals surface area contributed by atoms with Crippen molar-refractivity contribution in [3.63, 3.8) is 0 Å². The first-order chi connectivity index (χ1) is 7.59. The highest BCUT2D eigenvalue weighted by Gasteiger charge is 2.45. The van der Waals surface area contributed by atoms with Crippen molar-refractivity contribution in [1.29, 1.82) is 0 Å². The predicted octanol–water partition coefficient (Wildman–Crippen LogP) is 2.02. The summed E-state index contributed by atoms with van der Waals surface area (Å²) in [5.41, 5.74) is -0.428. The average molecular weight is 218 g/mol. The molecule has 0 saturated heterocycles. The molecule has 1 aromatic rings. The number of ketones is 1. The van der Waals surface area contributed by atoms with Crippen molar-refractivity contribution >= 4 is 17.5 Å². The van der Waals surface area contributed by atoms with Gasteiger partial charge in [-0.3, -0.25) is 9.59 Å². The number of carbonyl (C=O) groups excluding carboxylic acids is 2. The fourth-order valence-corrected chi connectivity index (χ4v) is 2.06. The molecule has 0 spiro atoms. The molecule has 1 unspecified atom stereocenters. The Kier molecular flexibility index (Phi) is 2.50. The number of Topliss-reactive ketones (excluding diaryl/α,β-unsaturated/α-hetero) is 1. The Hall–Kier alpha value is -1.71. The van der Waals surface area contributed by atoms with Gasteiger partial charge in [0.2, 0.25) is 5.91 Å². The number of pyridine rings is 1. The molecule has 16 heavy (non-hydrogen) atoms. The van der Waals surface area contributed by atoms with Gasteiger partial charge in [0.1, 0.15) is 11.2 Å². The van der Waals surface area contributed by atoms with Gasteiger partial charge in [0.15, 0.2) is 5.78 Å². The van der Waals surface area contributed by atoms with Crippen molar-refractivity contribution in [3.05, 3.63) is 23.9 Å². The Bertz CT molecular complexity index is 456. The first-order valence-electron chi connectivity index (χ1n) is 5.41. The molecule has 0 radical (unpaired) electrons. The number of hydrogen-bond acceptors (Lipinski definition) is 3. The molecule has 84 valence electrons. The summed E-state index contributed by atoms with van der Waals surface area (Å²) in [5.74, 6) is 0.0119. The second kappa shape index (κ2) is 3.70. The maximum atomic E-state index is 12.2. The lowest BCUT2D eigenvalue weighted by atomic mass is 9.76. The van der Waals surface area contributed by atoms with E-state index in [4.69, 9.17) is 0 Å². The number of amides is 1. The topological polar surface area (TPSA) is 59.1 Å². The minimum Gasteiger partial charge on any atom is -0.309 e. The van der Waals surface area contributed by atoms with Gasteiger partial charge in [-0.25, -0.2) is 4.98 Å². The van der Waals surface area contributed by atoms with Crippen molar-refractivity contribution in [2.45, 2.75) is 26.7 Å². The molecule has 2 heterocycles.